The van der Waals surface area contributed by atoms with Crippen molar-refractivity contribution in [3.05, 3.63) is 10.6 Å². The molecule has 2 rings (SSSR count). The van der Waals surface area contributed by atoms with Gasteiger partial charge in [-0.3, -0.25) is 0 Å². The van der Waals surface area contributed by atoms with Crippen molar-refractivity contribution in [2.75, 3.05) is 14.1 Å². The van der Waals surface area contributed by atoms with E-state index in [1.165, 1.54) is 29.8 Å². The van der Waals surface area contributed by atoms with Crippen molar-refractivity contribution in [1.29, 1.82) is 0 Å². The molecule has 0 atom stereocenters. The lowest BCUT2D eigenvalue weighted by Crippen LogP contribution is -2.06. The average Bonchev–Trinajstić information content (AvgIpc) is 2.57. The van der Waals surface area contributed by atoms with Gasteiger partial charge in [-0.05, 0) is 25.7 Å². The van der Waals surface area contributed by atoms with Gasteiger partial charge in [-0.25, -0.2) is 9.98 Å². The van der Waals surface area contributed by atoms with Gasteiger partial charge in [0.05, 0.1) is 12.0 Å². The zero-order valence-corrected chi connectivity index (χ0v) is 9.47. The molecule has 0 unspecified atom stereocenters. The first-order valence-electron chi connectivity index (χ1n) is 4.95. The van der Waals surface area contributed by atoms with Gasteiger partial charge in [0, 0.05) is 19.0 Å². The topological polar surface area (TPSA) is 28.5 Å². The van der Waals surface area contributed by atoms with E-state index in [-0.39, 0.29) is 0 Å². The van der Waals surface area contributed by atoms with Gasteiger partial charge in [0.25, 0.3) is 0 Å². The van der Waals surface area contributed by atoms with E-state index < -0.39 is 0 Å². The van der Waals surface area contributed by atoms with E-state index in [1.54, 1.807) is 11.3 Å². The van der Waals surface area contributed by atoms with Gasteiger partial charge >= 0.3 is 0 Å². The quantitative estimate of drug-likeness (QED) is 0.552. The van der Waals surface area contributed by atoms with Crippen LogP contribution in [0, 0.1) is 0 Å². The van der Waals surface area contributed by atoms with Crippen LogP contribution >= 0.6 is 11.3 Å². The Bertz CT molecular complexity index is 318. The first-order chi connectivity index (χ1) is 6.75. The third-order valence-corrected chi connectivity index (χ3v) is 3.30. The van der Waals surface area contributed by atoms with Crippen molar-refractivity contribution in [2.24, 2.45) is 4.99 Å². The summed E-state index contributed by atoms with van der Waals surface area (Å²) >= 11 is 1.74. The zero-order chi connectivity index (χ0) is 9.97. The molecule has 0 saturated carbocycles. The summed E-state index contributed by atoms with van der Waals surface area (Å²) in [5.74, 6) is 0. The van der Waals surface area contributed by atoms with Crippen LogP contribution in [0.1, 0.15) is 23.4 Å². The van der Waals surface area contributed by atoms with Crippen LogP contribution in [0.3, 0.4) is 0 Å². The van der Waals surface area contributed by atoms with Gasteiger partial charge in [0.1, 0.15) is 0 Å². The van der Waals surface area contributed by atoms with Crippen LogP contribution < -0.4 is 0 Å². The zero-order valence-electron chi connectivity index (χ0n) is 8.66. The Kier molecular flexibility index (Phi) is 2.82. The van der Waals surface area contributed by atoms with Gasteiger partial charge in [-0.15, -0.1) is 0 Å². The Morgan fingerprint density at radius 2 is 2.14 bits per heavy atom. The number of hydrogen-bond acceptors (Lipinski definition) is 3. The lowest BCUT2D eigenvalue weighted by atomic mass is 10.0. The van der Waals surface area contributed by atoms with Gasteiger partial charge in [-0.2, -0.15) is 0 Å². The van der Waals surface area contributed by atoms with E-state index in [4.69, 9.17) is 0 Å². The molecule has 0 amide bonds. The predicted molar refractivity (Wildman–Crippen MR) is 60.6 cm³/mol. The molecule has 3 nitrogen and oxygen atoms in total. The number of aryl methyl sites for hydroxylation is 2. The first kappa shape index (κ1) is 9.65. The first-order valence-corrected chi connectivity index (χ1v) is 5.76. The van der Waals surface area contributed by atoms with Crippen LogP contribution in [0.5, 0.6) is 0 Å². The molecule has 0 bridgehead atoms. The molecular weight excluding hydrogens is 194 g/mol. The molecule has 0 radical (unpaired) electrons. The number of aromatic nitrogens is 1. The standard InChI is InChI=1S/C10H15N3S/c1-13(2)7-11-10-12-8-5-3-4-6-9(8)14-10/h7H,3-6H2,1-2H3/b11-7+. The summed E-state index contributed by atoms with van der Waals surface area (Å²) in [5, 5.41) is 0.908. The number of thiazole rings is 1. The van der Waals surface area contributed by atoms with Crippen molar-refractivity contribution in [1.82, 2.24) is 9.88 Å². The highest BCUT2D eigenvalue weighted by Gasteiger charge is 2.14. The number of nitrogens with zero attached hydrogens (tertiary/aromatic N) is 3. The molecule has 0 spiro atoms. The second-order valence-corrected chi connectivity index (χ2v) is 4.84. The van der Waals surface area contributed by atoms with Crippen LogP contribution in [-0.2, 0) is 12.8 Å². The highest BCUT2D eigenvalue weighted by molar-refractivity contribution is 7.15. The predicted octanol–water partition coefficient (Wildman–Crippen LogP) is 2.24. The van der Waals surface area contributed by atoms with E-state index in [1.807, 2.05) is 25.3 Å². The van der Waals surface area contributed by atoms with Gasteiger partial charge in [0.15, 0.2) is 0 Å². The molecule has 0 fully saturated rings. The molecule has 1 aliphatic rings. The molecule has 0 saturated heterocycles. The van der Waals surface area contributed by atoms with E-state index in [0.717, 1.165) is 11.6 Å². The maximum absolute atomic E-state index is 4.52. The fourth-order valence-corrected chi connectivity index (χ4v) is 2.55. The molecule has 0 N–H and O–H groups in total. The lowest BCUT2D eigenvalue weighted by molar-refractivity contribution is 0.643. The second kappa shape index (κ2) is 4.09. The summed E-state index contributed by atoms with van der Waals surface area (Å²) in [6, 6.07) is 0. The van der Waals surface area contributed by atoms with Crippen molar-refractivity contribution in [2.45, 2.75) is 25.7 Å². The van der Waals surface area contributed by atoms with E-state index in [2.05, 4.69) is 9.98 Å². The molecule has 14 heavy (non-hydrogen) atoms. The molecule has 1 aliphatic carbocycles. The Balaban J connectivity index is 2.16. The Labute approximate surface area is 88.5 Å². The highest BCUT2D eigenvalue weighted by Crippen LogP contribution is 2.30. The fourth-order valence-electron chi connectivity index (χ4n) is 1.56. The van der Waals surface area contributed by atoms with Crippen LogP contribution in [0.25, 0.3) is 0 Å². The third kappa shape index (κ3) is 2.12. The minimum absolute atomic E-state index is 0.908. The van der Waals surface area contributed by atoms with Crippen LogP contribution in [0.2, 0.25) is 0 Å². The molecule has 4 heteroatoms. The van der Waals surface area contributed by atoms with E-state index in [9.17, 15) is 0 Å². The fraction of sp³-hybridized carbons (Fsp3) is 0.600. The molecular formula is C10H15N3S. The molecule has 1 aromatic heterocycles. The van der Waals surface area contributed by atoms with Gasteiger partial charge < -0.3 is 4.90 Å². The van der Waals surface area contributed by atoms with Crippen LogP contribution in [0.15, 0.2) is 4.99 Å². The SMILES string of the molecule is CN(C)/C=N/c1nc2c(s1)CCCC2. The van der Waals surface area contributed by atoms with Crippen molar-refractivity contribution in [3.63, 3.8) is 0 Å². The third-order valence-electron chi connectivity index (χ3n) is 2.23. The number of aliphatic imine (C=N–C) groups is 1. The molecule has 76 valence electrons. The summed E-state index contributed by atoms with van der Waals surface area (Å²) in [7, 11) is 3.94. The number of fused-ring (bicyclic) bond motifs is 1. The second-order valence-electron chi connectivity index (χ2n) is 3.78. The summed E-state index contributed by atoms with van der Waals surface area (Å²) in [4.78, 5) is 12.2. The Morgan fingerprint density at radius 1 is 1.36 bits per heavy atom. The smallest absolute Gasteiger partial charge is 0.210 e. The van der Waals surface area contributed by atoms with Gasteiger partial charge in [-0.1, -0.05) is 11.3 Å². The molecule has 1 heterocycles. The largest absolute Gasteiger partial charge is 0.369 e. The van der Waals surface area contributed by atoms with Gasteiger partial charge in [0.2, 0.25) is 5.13 Å². The van der Waals surface area contributed by atoms with Crippen LogP contribution in [0.4, 0.5) is 5.13 Å². The Hall–Kier alpha value is -0.900. The van der Waals surface area contributed by atoms with Crippen molar-refractivity contribution >= 4 is 22.8 Å². The maximum atomic E-state index is 4.52. The van der Waals surface area contributed by atoms with Crippen LogP contribution in [-0.4, -0.2) is 30.3 Å². The number of rotatable bonds is 2. The summed E-state index contributed by atoms with van der Waals surface area (Å²) in [6.07, 6.45) is 6.75. The van der Waals surface area contributed by atoms with Crippen molar-refractivity contribution < 1.29 is 0 Å². The normalized spacial score (nSPS) is 15.9. The van der Waals surface area contributed by atoms with E-state index in [0.29, 0.717) is 0 Å². The van der Waals surface area contributed by atoms with Crippen molar-refractivity contribution in [3.8, 4) is 0 Å². The lowest BCUT2D eigenvalue weighted by Gasteiger charge is -2.06. The number of hydrogen-bond donors (Lipinski definition) is 0. The summed E-state index contributed by atoms with van der Waals surface area (Å²) in [6.45, 7) is 0. The monoisotopic (exact) mass is 209 g/mol. The van der Waals surface area contributed by atoms with E-state index >= 15 is 0 Å². The molecule has 1 aromatic rings. The highest BCUT2D eigenvalue weighted by atomic mass is 32.1. The maximum Gasteiger partial charge on any atom is 0.210 e. The minimum atomic E-state index is 0.908. The minimum Gasteiger partial charge on any atom is -0.369 e. The molecule has 0 aliphatic heterocycles. The summed E-state index contributed by atoms with van der Waals surface area (Å²) < 4.78 is 0. The molecule has 0 aromatic carbocycles. The Morgan fingerprint density at radius 3 is 2.86 bits per heavy atom. The summed E-state index contributed by atoms with van der Waals surface area (Å²) in [5.41, 5.74) is 1.28. The average molecular weight is 209 g/mol.